The van der Waals surface area contributed by atoms with Crippen LogP contribution in [0.25, 0.3) is 0 Å². The quantitative estimate of drug-likeness (QED) is 0.671. The van der Waals surface area contributed by atoms with Gasteiger partial charge in [0.25, 0.3) is 0 Å². The van der Waals surface area contributed by atoms with E-state index in [2.05, 4.69) is 70.1 Å². The molecule has 0 heterocycles. The van der Waals surface area contributed by atoms with Gasteiger partial charge in [-0.05, 0) is 61.9 Å². The molecule has 0 saturated carbocycles. The van der Waals surface area contributed by atoms with Gasteiger partial charge in [-0.1, -0.05) is 33.3 Å². The van der Waals surface area contributed by atoms with Crippen molar-refractivity contribution in [3.8, 4) is 0 Å². The van der Waals surface area contributed by atoms with E-state index < -0.39 is 0 Å². The minimum absolute atomic E-state index is 0.330. The minimum atomic E-state index is 0.330. The van der Waals surface area contributed by atoms with Crippen LogP contribution in [-0.2, 0) is 0 Å². The summed E-state index contributed by atoms with van der Waals surface area (Å²) in [5.41, 5.74) is 4.36. The first-order valence-electron chi connectivity index (χ1n) is 8.40. The van der Waals surface area contributed by atoms with Crippen LogP contribution in [0, 0.1) is 19.3 Å². The summed E-state index contributed by atoms with van der Waals surface area (Å²) in [5.74, 6) is 0. The fourth-order valence-corrected chi connectivity index (χ4v) is 3.23. The second-order valence-electron chi connectivity index (χ2n) is 6.94. The first-order chi connectivity index (χ1) is 9.90. The number of anilines is 1. The smallest absolute Gasteiger partial charge is 0.0369 e. The van der Waals surface area contributed by atoms with Gasteiger partial charge in [-0.2, -0.15) is 0 Å². The average Bonchev–Trinajstić information content (AvgIpc) is 2.38. The SMILES string of the molecule is CCCNCC(C)(CCC)CN(C)c1cc(C)cc(C)c1. The topological polar surface area (TPSA) is 15.3 Å². The zero-order valence-corrected chi connectivity index (χ0v) is 14.9. The zero-order chi connectivity index (χ0) is 15.9. The van der Waals surface area contributed by atoms with Crippen molar-refractivity contribution in [1.29, 1.82) is 0 Å². The maximum absolute atomic E-state index is 3.61. The van der Waals surface area contributed by atoms with E-state index in [1.165, 1.54) is 36.1 Å². The molecule has 1 unspecified atom stereocenters. The van der Waals surface area contributed by atoms with Gasteiger partial charge in [-0.25, -0.2) is 0 Å². The Morgan fingerprint density at radius 2 is 1.67 bits per heavy atom. The summed E-state index contributed by atoms with van der Waals surface area (Å²) < 4.78 is 0. The van der Waals surface area contributed by atoms with Crippen LogP contribution in [0.5, 0.6) is 0 Å². The molecule has 1 rings (SSSR count). The summed E-state index contributed by atoms with van der Waals surface area (Å²) >= 11 is 0. The van der Waals surface area contributed by atoms with E-state index in [0.717, 1.165) is 19.6 Å². The molecule has 0 fully saturated rings. The summed E-state index contributed by atoms with van der Waals surface area (Å²) in [6.07, 6.45) is 3.71. The van der Waals surface area contributed by atoms with E-state index in [1.54, 1.807) is 0 Å². The lowest BCUT2D eigenvalue weighted by Gasteiger charge is -2.35. The van der Waals surface area contributed by atoms with E-state index in [1.807, 2.05) is 0 Å². The first-order valence-corrected chi connectivity index (χ1v) is 8.40. The van der Waals surface area contributed by atoms with Crippen molar-refractivity contribution in [2.45, 2.75) is 53.9 Å². The van der Waals surface area contributed by atoms with E-state index in [-0.39, 0.29) is 0 Å². The molecule has 21 heavy (non-hydrogen) atoms. The van der Waals surface area contributed by atoms with E-state index in [0.29, 0.717) is 5.41 Å². The molecule has 0 amide bonds. The van der Waals surface area contributed by atoms with Crippen LogP contribution in [0.1, 0.15) is 51.2 Å². The molecule has 120 valence electrons. The number of hydrogen-bond acceptors (Lipinski definition) is 2. The van der Waals surface area contributed by atoms with Gasteiger partial charge in [-0.15, -0.1) is 0 Å². The third-order valence-corrected chi connectivity index (χ3v) is 4.10. The van der Waals surface area contributed by atoms with Crippen molar-refractivity contribution in [2.24, 2.45) is 5.41 Å². The molecule has 0 radical (unpaired) electrons. The van der Waals surface area contributed by atoms with Crippen molar-refractivity contribution < 1.29 is 0 Å². The summed E-state index contributed by atoms with van der Waals surface area (Å²) in [5, 5.41) is 3.61. The summed E-state index contributed by atoms with van der Waals surface area (Å²) in [4.78, 5) is 2.42. The van der Waals surface area contributed by atoms with E-state index >= 15 is 0 Å². The largest absolute Gasteiger partial charge is 0.374 e. The number of hydrogen-bond donors (Lipinski definition) is 1. The molecule has 2 heteroatoms. The second-order valence-corrected chi connectivity index (χ2v) is 6.94. The van der Waals surface area contributed by atoms with Crippen molar-refractivity contribution >= 4 is 5.69 Å². The number of aryl methyl sites for hydroxylation is 2. The van der Waals surface area contributed by atoms with Gasteiger partial charge in [-0.3, -0.25) is 0 Å². The van der Waals surface area contributed by atoms with Crippen LogP contribution in [0.15, 0.2) is 18.2 Å². The third kappa shape index (κ3) is 6.09. The Morgan fingerprint density at radius 3 is 2.19 bits per heavy atom. The standard InChI is InChI=1S/C19H34N2/c1-7-9-19(5,14-20-10-8-2)15-21(6)18-12-16(3)11-17(4)13-18/h11-13,20H,7-10,14-15H2,1-6H3. The van der Waals surface area contributed by atoms with E-state index in [9.17, 15) is 0 Å². The molecule has 0 spiro atoms. The highest BCUT2D eigenvalue weighted by Gasteiger charge is 2.25. The van der Waals surface area contributed by atoms with Crippen LogP contribution < -0.4 is 10.2 Å². The van der Waals surface area contributed by atoms with Gasteiger partial charge in [0.2, 0.25) is 0 Å². The molecule has 0 aliphatic heterocycles. The number of benzene rings is 1. The van der Waals surface area contributed by atoms with Crippen LogP contribution in [0.3, 0.4) is 0 Å². The molecule has 1 atom stereocenters. The van der Waals surface area contributed by atoms with Crippen molar-refractivity contribution in [3.63, 3.8) is 0 Å². The third-order valence-electron chi connectivity index (χ3n) is 4.10. The highest BCUT2D eigenvalue weighted by molar-refractivity contribution is 5.50. The van der Waals surface area contributed by atoms with Gasteiger partial charge in [0.1, 0.15) is 0 Å². The highest BCUT2D eigenvalue weighted by atomic mass is 15.1. The fourth-order valence-electron chi connectivity index (χ4n) is 3.23. The molecule has 0 saturated heterocycles. The fraction of sp³-hybridized carbons (Fsp3) is 0.684. The van der Waals surface area contributed by atoms with Crippen LogP contribution in [0.2, 0.25) is 0 Å². The number of rotatable bonds is 9. The van der Waals surface area contributed by atoms with Crippen LogP contribution in [0.4, 0.5) is 5.69 Å². The lowest BCUT2D eigenvalue weighted by molar-refractivity contribution is 0.284. The molecule has 1 N–H and O–H groups in total. The van der Waals surface area contributed by atoms with Crippen molar-refractivity contribution in [2.75, 3.05) is 31.6 Å². The lowest BCUT2D eigenvalue weighted by atomic mass is 9.84. The Kier molecular flexibility index (Phi) is 7.24. The molecule has 0 bridgehead atoms. The molecule has 0 aliphatic rings. The molecule has 0 aromatic heterocycles. The van der Waals surface area contributed by atoms with Gasteiger partial charge in [0.05, 0.1) is 0 Å². The minimum Gasteiger partial charge on any atom is -0.374 e. The normalized spacial score (nSPS) is 14.0. The maximum Gasteiger partial charge on any atom is 0.0369 e. The Hall–Kier alpha value is -1.02. The Morgan fingerprint density at radius 1 is 1.05 bits per heavy atom. The predicted octanol–water partition coefficient (Wildman–Crippen LogP) is 4.55. The van der Waals surface area contributed by atoms with Crippen LogP contribution >= 0.6 is 0 Å². The monoisotopic (exact) mass is 290 g/mol. The summed E-state index contributed by atoms with van der Waals surface area (Å²) in [7, 11) is 2.22. The van der Waals surface area contributed by atoms with E-state index in [4.69, 9.17) is 0 Å². The Labute approximate surface area is 131 Å². The van der Waals surface area contributed by atoms with Gasteiger partial charge >= 0.3 is 0 Å². The highest BCUT2D eigenvalue weighted by Crippen LogP contribution is 2.27. The van der Waals surface area contributed by atoms with Crippen molar-refractivity contribution in [3.05, 3.63) is 29.3 Å². The molecule has 0 aliphatic carbocycles. The summed E-state index contributed by atoms with van der Waals surface area (Å²) in [6.45, 7) is 14.6. The van der Waals surface area contributed by atoms with Gasteiger partial charge in [0, 0.05) is 25.8 Å². The van der Waals surface area contributed by atoms with Gasteiger partial charge < -0.3 is 10.2 Å². The molecular formula is C19H34N2. The summed E-state index contributed by atoms with van der Waals surface area (Å²) in [6, 6.07) is 6.82. The number of nitrogens with one attached hydrogen (secondary N) is 1. The van der Waals surface area contributed by atoms with Crippen molar-refractivity contribution in [1.82, 2.24) is 5.32 Å². The Balaban J connectivity index is 2.76. The molecule has 2 nitrogen and oxygen atoms in total. The predicted molar refractivity (Wildman–Crippen MR) is 95.4 cm³/mol. The lowest BCUT2D eigenvalue weighted by Crippen LogP contribution is -2.41. The Bertz CT molecular complexity index is 407. The second kappa shape index (κ2) is 8.43. The number of nitrogens with zero attached hydrogens (tertiary/aromatic N) is 1. The first kappa shape index (κ1) is 18.0. The maximum atomic E-state index is 3.61. The molecular weight excluding hydrogens is 256 g/mol. The van der Waals surface area contributed by atoms with Gasteiger partial charge in [0.15, 0.2) is 0 Å². The van der Waals surface area contributed by atoms with Crippen LogP contribution in [-0.4, -0.2) is 26.7 Å². The average molecular weight is 290 g/mol. The zero-order valence-electron chi connectivity index (χ0n) is 14.9. The molecule has 1 aromatic rings. The molecule has 1 aromatic carbocycles.